The first kappa shape index (κ1) is 20.2. The summed E-state index contributed by atoms with van der Waals surface area (Å²) in [7, 11) is 0. The summed E-state index contributed by atoms with van der Waals surface area (Å²) < 4.78 is 19.1. The van der Waals surface area contributed by atoms with Crippen molar-refractivity contribution in [2.75, 3.05) is 26.2 Å². The first-order valence-electron chi connectivity index (χ1n) is 10.8. The number of hydrogen-bond acceptors (Lipinski definition) is 2. The molecule has 1 atom stereocenters. The van der Waals surface area contributed by atoms with E-state index in [4.69, 9.17) is 4.74 Å². The van der Waals surface area contributed by atoms with Gasteiger partial charge in [-0.05, 0) is 98.0 Å². The number of aryl methyl sites for hydroxylation is 1. The second-order valence-corrected chi connectivity index (χ2v) is 8.61. The molecule has 1 heterocycles. The minimum absolute atomic E-state index is 0.182. The number of benzene rings is 2. The maximum atomic E-state index is 13.1. The van der Waals surface area contributed by atoms with E-state index in [0.717, 1.165) is 43.7 Å². The summed E-state index contributed by atoms with van der Waals surface area (Å²) in [5, 5.41) is 0. The van der Waals surface area contributed by atoms with Crippen molar-refractivity contribution < 1.29 is 9.13 Å². The zero-order valence-corrected chi connectivity index (χ0v) is 17.6. The summed E-state index contributed by atoms with van der Waals surface area (Å²) in [5.74, 6) is 1.15. The van der Waals surface area contributed by atoms with Crippen LogP contribution >= 0.6 is 0 Å². The summed E-state index contributed by atoms with van der Waals surface area (Å²) in [6, 6.07) is 13.3. The fourth-order valence-corrected chi connectivity index (χ4v) is 4.47. The van der Waals surface area contributed by atoms with E-state index in [1.165, 1.54) is 41.8 Å². The lowest BCUT2D eigenvalue weighted by Gasteiger charge is -2.25. The number of ether oxygens (including phenoxy) is 1. The van der Waals surface area contributed by atoms with Gasteiger partial charge < -0.3 is 4.74 Å². The van der Waals surface area contributed by atoms with Crippen molar-refractivity contribution in [2.24, 2.45) is 5.92 Å². The van der Waals surface area contributed by atoms with Crippen LogP contribution < -0.4 is 4.74 Å². The minimum Gasteiger partial charge on any atom is -0.493 e. The van der Waals surface area contributed by atoms with Gasteiger partial charge >= 0.3 is 0 Å². The molecule has 2 aliphatic rings. The van der Waals surface area contributed by atoms with E-state index in [-0.39, 0.29) is 5.82 Å². The number of halogens is 1. The van der Waals surface area contributed by atoms with Gasteiger partial charge in [-0.2, -0.15) is 0 Å². The van der Waals surface area contributed by atoms with E-state index in [9.17, 15) is 4.39 Å². The van der Waals surface area contributed by atoms with Gasteiger partial charge in [0.05, 0.1) is 6.61 Å². The maximum Gasteiger partial charge on any atom is 0.123 e. The quantitative estimate of drug-likeness (QED) is 0.598. The average Bonchev–Trinajstić information content (AvgIpc) is 3.23. The summed E-state index contributed by atoms with van der Waals surface area (Å²) in [5.41, 5.74) is 6.99. The lowest BCUT2D eigenvalue weighted by molar-refractivity contribution is 0.259. The van der Waals surface area contributed by atoms with Gasteiger partial charge in [0.15, 0.2) is 0 Å². The Morgan fingerprint density at radius 2 is 1.93 bits per heavy atom. The first-order valence-corrected chi connectivity index (χ1v) is 10.8. The molecule has 0 aromatic heterocycles. The Morgan fingerprint density at radius 1 is 1.10 bits per heavy atom. The van der Waals surface area contributed by atoms with Crippen LogP contribution in [0.5, 0.6) is 5.75 Å². The van der Waals surface area contributed by atoms with Crippen molar-refractivity contribution in [3.63, 3.8) is 0 Å². The van der Waals surface area contributed by atoms with E-state index in [1.807, 2.05) is 12.1 Å². The first-order chi connectivity index (χ1) is 14.1. The molecule has 3 heteroatoms. The van der Waals surface area contributed by atoms with E-state index in [0.29, 0.717) is 12.5 Å². The highest BCUT2D eigenvalue weighted by molar-refractivity contribution is 5.72. The summed E-state index contributed by atoms with van der Waals surface area (Å²) in [6.07, 6.45) is 6.75. The van der Waals surface area contributed by atoms with Gasteiger partial charge in [0.2, 0.25) is 0 Å². The Labute approximate surface area is 174 Å². The number of hydrogen-bond donors (Lipinski definition) is 0. The molecule has 0 amide bonds. The SMILES string of the molecule is CC1=C(CN2C[CH]CC2)CCc2cc(OC[C@@H](C)Cc3ccc(F)cc3)ccc21. The van der Waals surface area contributed by atoms with Gasteiger partial charge in [-0.25, -0.2) is 4.39 Å². The van der Waals surface area contributed by atoms with E-state index >= 15 is 0 Å². The third kappa shape index (κ3) is 5.08. The van der Waals surface area contributed by atoms with Gasteiger partial charge in [0.1, 0.15) is 11.6 Å². The van der Waals surface area contributed by atoms with Crippen LogP contribution in [0.3, 0.4) is 0 Å². The van der Waals surface area contributed by atoms with Crippen LogP contribution in [0.15, 0.2) is 48.0 Å². The smallest absolute Gasteiger partial charge is 0.123 e. The number of likely N-dealkylation sites (tertiary alicyclic amines) is 1. The average molecular weight is 393 g/mol. The topological polar surface area (TPSA) is 12.5 Å². The molecule has 1 radical (unpaired) electrons. The molecular formula is C26H31FNO. The molecule has 1 aliphatic heterocycles. The van der Waals surface area contributed by atoms with E-state index in [1.54, 1.807) is 5.57 Å². The molecule has 0 spiro atoms. The fourth-order valence-electron chi connectivity index (χ4n) is 4.47. The predicted octanol–water partition coefficient (Wildman–Crippen LogP) is 5.71. The maximum absolute atomic E-state index is 13.1. The second kappa shape index (κ2) is 9.13. The highest BCUT2D eigenvalue weighted by Crippen LogP contribution is 2.34. The van der Waals surface area contributed by atoms with Crippen LogP contribution in [0.4, 0.5) is 4.39 Å². The van der Waals surface area contributed by atoms with Crippen LogP contribution in [0, 0.1) is 18.2 Å². The monoisotopic (exact) mass is 392 g/mol. The number of fused-ring (bicyclic) bond motifs is 1. The third-order valence-corrected chi connectivity index (χ3v) is 6.19. The second-order valence-electron chi connectivity index (χ2n) is 8.61. The Morgan fingerprint density at radius 3 is 2.69 bits per heavy atom. The number of nitrogens with zero attached hydrogens (tertiary/aromatic N) is 1. The normalized spacial score (nSPS) is 18.0. The van der Waals surface area contributed by atoms with E-state index < -0.39 is 0 Å². The summed E-state index contributed by atoms with van der Waals surface area (Å²) in [4.78, 5) is 2.55. The van der Waals surface area contributed by atoms with Gasteiger partial charge in [-0.3, -0.25) is 4.90 Å². The summed E-state index contributed by atoms with van der Waals surface area (Å²) >= 11 is 0. The van der Waals surface area contributed by atoms with Gasteiger partial charge in [-0.1, -0.05) is 30.7 Å². The van der Waals surface area contributed by atoms with Crippen molar-refractivity contribution in [3.8, 4) is 5.75 Å². The Bertz CT molecular complexity index is 865. The summed E-state index contributed by atoms with van der Waals surface area (Å²) in [6.45, 7) is 8.57. The molecule has 0 unspecified atom stereocenters. The molecule has 4 rings (SSSR count). The zero-order chi connectivity index (χ0) is 20.2. The van der Waals surface area contributed by atoms with Crippen LogP contribution in [0.1, 0.15) is 43.4 Å². The molecular weight excluding hydrogens is 361 g/mol. The number of allylic oxidation sites excluding steroid dienone is 1. The highest BCUT2D eigenvalue weighted by Gasteiger charge is 2.20. The van der Waals surface area contributed by atoms with Crippen LogP contribution in [-0.2, 0) is 12.8 Å². The molecule has 29 heavy (non-hydrogen) atoms. The lowest BCUT2D eigenvalue weighted by Crippen LogP contribution is -2.24. The number of rotatable bonds is 7. The zero-order valence-electron chi connectivity index (χ0n) is 17.6. The van der Waals surface area contributed by atoms with Gasteiger partial charge in [0, 0.05) is 13.1 Å². The molecule has 0 saturated carbocycles. The van der Waals surface area contributed by atoms with Crippen molar-refractivity contribution in [1.29, 1.82) is 0 Å². The third-order valence-electron chi connectivity index (χ3n) is 6.19. The lowest BCUT2D eigenvalue weighted by atomic mass is 9.86. The van der Waals surface area contributed by atoms with Gasteiger partial charge in [0.25, 0.3) is 0 Å². The largest absolute Gasteiger partial charge is 0.493 e. The van der Waals surface area contributed by atoms with Crippen molar-refractivity contribution in [1.82, 2.24) is 4.90 Å². The molecule has 1 aliphatic carbocycles. The standard InChI is InChI=1S/C26H31FNO/c1-19(15-21-5-9-24(27)10-6-21)18-29-25-11-12-26-20(2)23(8-7-22(26)16-25)17-28-13-3-4-14-28/h3,5-6,9-12,16,19H,4,7-8,13-15,17-18H2,1-2H3/t19-/m0/s1. The van der Waals surface area contributed by atoms with Gasteiger partial charge in [-0.15, -0.1) is 0 Å². The molecule has 1 saturated heterocycles. The van der Waals surface area contributed by atoms with E-state index in [2.05, 4.69) is 43.4 Å². The highest BCUT2D eigenvalue weighted by atomic mass is 19.1. The molecule has 0 bridgehead atoms. The van der Waals surface area contributed by atoms with Crippen LogP contribution in [-0.4, -0.2) is 31.1 Å². The molecule has 0 N–H and O–H groups in total. The molecule has 153 valence electrons. The fraction of sp³-hybridized carbons (Fsp3) is 0.423. The Kier molecular flexibility index (Phi) is 6.34. The Balaban J connectivity index is 1.36. The van der Waals surface area contributed by atoms with Crippen molar-refractivity contribution >= 4 is 5.57 Å². The predicted molar refractivity (Wildman–Crippen MR) is 117 cm³/mol. The minimum atomic E-state index is -0.182. The molecule has 2 aromatic rings. The van der Waals surface area contributed by atoms with Crippen molar-refractivity contribution in [2.45, 2.75) is 39.5 Å². The van der Waals surface area contributed by atoms with Crippen molar-refractivity contribution in [3.05, 3.63) is 77.0 Å². The molecule has 2 aromatic carbocycles. The molecule has 2 nitrogen and oxygen atoms in total. The molecule has 1 fully saturated rings. The van der Waals surface area contributed by atoms with Crippen LogP contribution in [0.2, 0.25) is 0 Å². The van der Waals surface area contributed by atoms with Crippen LogP contribution in [0.25, 0.3) is 5.57 Å². The Hall–Kier alpha value is -2.13.